The molecule has 0 aromatic heterocycles. The largest absolute Gasteiger partial charge is 0.401 e. The first-order valence-electron chi connectivity index (χ1n) is 10.2. The number of anilines is 1. The summed E-state index contributed by atoms with van der Waals surface area (Å²) in [7, 11) is 0. The maximum atomic E-state index is 13.1. The van der Waals surface area contributed by atoms with E-state index in [-0.39, 0.29) is 35.7 Å². The second-order valence-electron chi connectivity index (χ2n) is 7.65. The van der Waals surface area contributed by atoms with Crippen molar-refractivity contribution in [2.45, 2.75) is 19.5 Å². The Kier molecular flexibility index (Phi) is 9.45. The van der Waals surface area contributed by atoms with Crippen molar-refractivity contribution in [3.63, 3.8) is 0 Å². The fraction of sp³-hybridized carbons (Fsp3) is 0.650. The Morgan fingerprint density at radius 2 is 1.77 bits per heavy atom. The summed E-state index contributed by atoms with van der Waals surface area (Å²) in [5.74, 6) is 0.738. The Hall–Kier alpha value is -1.30. The molecule has 0 aliphatic carbocycles. The molecule has 10 heteroatoms. The minimum Gasteiger partial charge on any atom is -0.368 e. The molecule has 1 aromatic rings. The molecule has 2 aliphatic rings. The van der Waals surface area contributed by atoms with E-state index in [1.807, 2.05) is 6.92 Å². The third-order valence-electron chi connectivity index (χ3n) is 5.38. The molecule has 2 aliphatic heterocycles. The lowest BCUT2D eigenvalue weighted by Gasteiger charge is -2.37. The maximum Gasteiger partial charge on any atom is 0.401 e. The normalized spacial score (nSPS) is 21.0. The van der Waals surface area contributed by atoms with Crippen LogP contribution < -0.4 is 10.2 Å². The van der Waals surface area contributed by atoms with Crippen LogP contribution in [0.25, 0.3) is 0 Å². The molecule has 1 unspecified atom stereocenters. The zero-order valence-electron chi connectivity index (χ0n) is 17.2. The van der Waals surface area contributed by atoms with Gasteiger partial charge in [-0.2, -0.15) is 13.2 Å². The Labute approximate surface area is 192 Å². The van der Waals surface area contributed by atoms with Gasteiger partial charge < -0.3 is 15.1 Å². The predicted octanol–water partition coefficient (Wildman–Crippen LogP) is 3.42. The number of hydrogen-bond acceptors (Lipinski definition) is 3. The molecular formula is C20H30F4IN5. The summed E-state index contributed by atoms with van der Waals surface area (Å²) in [6.45, 7) is 6.55. The fourth-order valence-corrected chi connectivity index (χ4v) is 3.93. The molecule has 0 saturated carbocycles. The smallest absolute Gasteiger partial charge is 0.368 e. The van der Waals surface area contributed by atoms with Gasteiger partial charge in [0.15, 0.2) is 5.96 Å². The Morgan fingerprint density at radius 3 is 2.37 bits per heavy atom. The number of piperazine rings is 1. The number of nitrogens with one attached hydrogen (secondary N) is 1. The Morgan fingerprint density at radius 1 is 1.10 bits per heavy atom. The van der Waals surface area contributed by atoms with E-state index in [4.69, 9.17) is 4.99 Å². The van der Waals surface area contributed by atoms with Gasteiger partial charge in [-0.1, -0.05) is 0 Å². The number of likely N-dealkylation sites (tertiary alicyclic amines) is 1. The first-order valence-corrected chi connectivity index (χ1v) is 10.2. The third-order valence-corrected chi connectivity index (χ3v) is 5.38. The molecule has 0 radical (unpaired) electrons. The van der Waals surface area contributed by atoms with E-state index in [2.05, 4.69) is 15.1 Å². The summed E-state index contributed by atoms with van der Waals surface area (Å²) in [6.07, 6.45) is -3.39. The van der Waals surface area contributed by atoms with Gasteiger partial charge in [-0.05, 0) is 50.1 Å². The van der Waals surface area contributed by atoms with Gasteiger partial charge in [-0.3, -0.25) is 9.89 Å². The zero-order chi connectivity index (χ0) is 20.9. The van der Waals surface area contributed by atoms with Gasteiger partial charge in [0, 0.05) is 51.5 Å². The first-order chi connectivity index (χ1) is 13.8. The van der Waals surface area contributed by atoms with Gasteiger partial charge in [0.05, 0.1) is 6.54 Å². The monoisotopic (exact) mass is 543 g/mol. The van der Waals surface area contributed by atoms with Gasteiger partial charge in [0.1, 0.15) is 5.82 Å². The highest BCUT2D eigenvalue weighted by molar-refractivity contribution is 14.0. The second kappa shape index (κ2) is 11.4. The van der Waals surface area contributed by atoms with Crippen LogP contribution in [0.1, 0.15) is 13.3 Å². The van der Waals surface area contributed by atoms with Crippen molar-refractivity contribution >= 4 is 35.6 Å². The summed E-state index contributed by atoms with van der Waals surface area (Å²) in [4.78, 5) is 10.6. The van der Waals surface area contributed by atoms with Crippen LogP contribution >= 0.6 is 24.0 Å². The SMILES string of the molecule is CCNC(=NCC1CCN(CC(F)(F)F)C1)N1CCN(c2ccc(F)cc2)CC1.I. The van der Waals surface area contributed by atoms with Crippen LogP contribution in [-0.2, 0) is 0 Å². The lowest BCUT2D eigenvalue weighted by molar-refractivity contribution is -0.143. The van der Waals surface area contributed by atoms with Gasteiger partial charge >= 0.3 is 6.18 Å². The molecule has 1 atom stereocenters. The van der Waals surface area contributed by atoms with E-state index in [1.165, 1.54) is 17.0 Å². The Bertz CT molecular complexity index is 675. The predicted molar refractivity (Wildman–Crippen MR) is 122 cm³/mol. The summed E-state index contributed by atoms with van der Waals surface area (Å²) in [5, 5.41) is 3.30. The second-order valence-corrected chi connectivity index (χ2v) is 7.65. The number of halogens is 5. The van der Waals surface area contributed by atoms with Crippen LogP contribution in [0.2, 0.25) is 0 Å². The number of benzene rings is 1. The van der Waals surface area contributed by atoms with Crippen LogP contribution in [0.4, 0.5) is 23.2 Å². The molecule has 0 bridgehead atoms. The molecular weight excluding hydrogens is 513 g/mol. The number of alkyl halides is 3. The molecule has 3 rings (SSSR count). The van der Waals surface area contributed by atoms with Crippen LogP contribution in [0, 0.1) is 11.7 Å². The van der Waals surface area contributed by atoms with Crippen LogP contribution in [0.3, 0.4) is 0 Å². The topological polar surface area (TPSA) is 34.1 Å². The van der Waals surface area contributed by atoms with Gasteiger partial charge in [-0.15, -0.1) is 24.0 Å². The molecule has 1 aromatic carbocycles. The van der Waals surface area contributed by atoms with Crippen LogP contribution in [0.15, 0.2) is 29.3 Å². The van der Waals surface area contributed by atoms with Gasteiger partial charge in [0.2, 0.25) is 0 Å². The maximum absolute atomic E-state index is 13.1. The van der Waals surface area contributed by atoms with E-state index in [9.17, 15) is 17.6 Å². The van der Waals surface area contributed by atoms with Crippen molar-refractivity contribution in [2.24, 2.45) is 10.9 Å². The minimum absolute atomic E-state index is 0. The number of aliphatic imine (C=N–C) groups is 1. The summed E-state index contributed by atoms with van der Waals surface area (Å²) in [5.41, 5.74) is 1.00. The molecule has 30 heavy (non-hydrogen) atoms. The van der Waals surface area contributed by atoms with Crippen LogP contribution in [-0.4, -0.2) is 80.8 Å². The number of guanidine groups is 1. The molecule has 170 valence electrons. The van der Waals surface area contributed by atoms with Crippen molar-refractivity contribution < 1.29 is 17.6 Å². The highest BCUT2D eigenvalue weighted by Gasteiger charge is 2.34. The van der Waals surface area contributed by atoms with Crippen LogP contribution in [0.5, 0.6) is 0 Å². The van der Waals surface area contributed by atoms with E-state index in [0.29, 0.717) is 19.6 Å². The summed E-state index contributed by atoms with van der Waals surface area (Å²) < 4.78 is 50.8. The van der Waals surface area contributed by atoms with E-state index in [0.717, 1.165) is 50.8 Å². The zero-order valence-corrected chi connectivity index (χ0v) is 19.5. The Balaban J connectivity index is 0.00000320. The number of hydrogen-bond donors (Lipinski definition) is 1. The molecule has 0 spiro atoms. The highest BCUT2D eigenvalue weighted by Crippen LogP contribution is 2.23. The molecule has 2 heterocycles. The van der Waals surface area contributed by atoms with E-state index < -0.39 is 12.7 Å². The molecule has 2 fully saturated rings. The van der Waals surface area contributed by atoms with Crippen molar-refractivity contribution in [3.8, 4) is 0 Å². The molecule has 0 amide bonds. The van der Waals surface area contributed by atoms with Crippen molar-refractivity contribution in [2.75, 3.05) is 63.8 Å². The van der Waals surface area contributed by atoms with Crippen molar-refractivity contribution in [3.05, 3.63) is 30.1 Å². The minimum atomic E-state index is -4.14. The molecule has 2 saturated heterocycles. The van der Waals surface area contributed by atoms with Crippen molar-refractivity contribution in [1.82, 2.24) is 15.1 Å². The average Bonchev–Trinajstić information content (AvgIpc) is 3.11. The number of nitrogens with zero attached hydrogens (tertiary/aromatic N) is 4. The number of rotatable bonds is 5. The average molecular weight is 543 g/mol. The molecule has 5 nitrogen and oxygen atoms in total. The standard InChI is InChI=1S/C20H29F4N5.HI/c1-2-25-19(26-13-16-7-8-27(14-16)15-20(22,23)24)29-11-9-28(10-12-29)18-5-3-17(21)4-6-18;/h3-6,16H,2,7-15H2,1H3,(H,25,26);1H. The highest BCUT2D eigenvalue weighted by atomic mass is 127. The lowest BCUT2D eigenvalue weighted by Crippen LogP contribution is -2.52. The third kappa shape index (κ3) is 7.44. The van der Waals surface area contributed by atoms with Gasteiger partial charge in [-0.25, -0.2) is 4.39 Å². The van der Waals surface area contributed by atoms with E-state index >= 15 is 0 Å². The van der Waals surface area contributed by atoms with E-state index in [1.54, 1.807) is 12.1 Å². The quantitative estimate of drug-likeness (QED) is 0.267. The summed E-state index contributed by atoms with van der Waals surface area (Å²) >= 11 is 0. The lowest BCUT2D eigenvalue weighted by atomic mass is 10.1. The summed E-state index contributed by atoms with van der Waals surface area (Å²) in [6, 6.07) is 6.52. The van der Waals surface area contributed by atoms with Crippen molar-refractivity contribution in [1.29, 1.82) is 0 Å². The first kappa shape index (κ1) is 25.0. The fourth-order valence-electron chi connectivity index (χ4n) is 3.93. The molecule has 1 N–H and O–H groups in total. The van der Waals surface area contributed by atoms with Gasteiger partial charge in [0.25, 0.3) is 0 Å².